The van der Waals surface area contributed by atoms with Crippen LogP contribution in [-0.4, -0.2) is 12.6 Å². The second kappa shape index (κ2) is 9.78. The van der Waals surface area contributed by atoms with Crippen LogP contribution in [0.25, 0.3) is 0 Å². The van der Waals surface area contributed by atoms with Crippen molar-refractivity contribution in [3.05, 3.63) is 29.6 Å². The average molecular weight is 295 g/mol. The zero-order valence-electron chi connectivity index (χ0n) is 13.7. The van der Waals surface area contributed by atoms with Crippen LogP contribution in [0.3, 0.4) is 0 Å². The van der Waals surface area contributed by atoms with Crippen molar-refractivity contribution >= 4 is 0 Å². The van der Waals surface area contributed by atoms with Gasteiger partial charge < -0.3 is 10.5 Å². The van der Waals surface area contributed by atoms with Gasteiger partial charge >= 0.3 is 0 Å². The van der Waals surface area contributed by atoms with Crippen molar-refractivity contribution < 1.29 is 9.13 Å². The first kappa shape index (κ1) is 18.0. The van der Waals surface area contributed by atoms with E-state index in [4.69, 9.17) is 10.5 Å². The van der Waals surface area contributed by atoms with Gasteiger partial charge in [-0.15, -0.1) is 0 Å². The Morgan fingerprint density at radius 3 is 2.52 bits per heavy atom. The van der Waals surface area contributed by atoms with Crippen molar-refractivity contribution in [1.29, 1.82) is 0 Å². The first-order valence-electron chi connectivity index (χ1n) is 8.27. The Labute approximate surface area is 128 Å². The standard InChI is InChI=1S/C18H30FNO/c1-4-7-8-14(5-2)13-21-18-10-9-15(12-17(18)19)11-16(20)6-3/h9-10,12,14,16H,4-8,11,13,20H2,1-3H3. The third kappa shape index (κ3) is 6.47. The number of nitrogens with two attached hydrogens (primary N) is 1. The highest BCUT2D eigenvalue weighted by Gasteiger charge is 2.11. The lowest BCUT2D eigenvalue weighted by molar-refractivity contribution is 0.225. The van der Waals surface area contributed by atoms with Crippen LogP contribution < -0.4 is 10.5 Å². The Kier molecular flexibility index (Phi) is 8.36. The van der Waals surface area contributed by atoms with Gasteiger partial charge in [0.1, 0.15) is 0 Å². The van der Waals surface area contributed by atoms with Crippen LogP contribution in [0.2, 0.25) is 0 Å². The normalized spacial score (nSPS) is 14.0. The Hall–Kier alpha value is -1.09. The molecule has 0 fully saturated rings. The number of halogens is 1. The molecule has 1 aromatic carbocycles. The van der Waals surface area contributed by atoms with Crippen LogP contribution in [0.15, 0.2) is 18.2 Å². The fourth-order valence-electron chi connectivity index (χ4n) is 2.34. The van der Waals surface area contributed by atoms with E-state index in [1.54, 1.807) is 12.1 Å². The maximum Gasteiger partial charge on any atom is 0.165 e. The molecule has 0 heterocycles. The fraction of sp³-hybridized carbons (Fsp3) is 0.667. The third-order valence-electron chi connectivity index (χ3n) is 4.04. The minimum Gasteiger partial charge on any atom is -0.490 e. The smallest absolute Gasteiger partial charge is 0.165 e. The van der Waals surface area contributed by atoms with Crippen molar-refractivity contribution in [2.24, 2.45) is 11.7 Å². The van der Waals surface area contributed by atoms with Gasteiger partial charge in [-0.25, -0.2) is 4.39 Å². The monoisotopic (exact) mass is 295 g/mol. The van der Waals surface area contributed by atoms with Crippen molar-refractivity contribution in [3.8, 4) is 5.75 Å². The summed E-state index contributed by atoms with van der Waals surface area (Å²) >= 11 is 0. The van der Waals surface area contributed by atoms with Crippen molar-refractivity contribution in [1.82, 2.24) is 0 Å². The van der Waals surface area contributed by atoms with Crippen LogP contribution >= 0.6 is 0 Å². The van der Waals surface area contributed by atoms with E-state index in [0.29, 0.717) is 24.7 Å². The topological polar surface area (TPSA) is 35.2 Å². The molecule has 0 amide bonds. The molecule has 0 aromatic heterocycles. The van der Waals surface area contributed by atoms with Crippen LogP contribution in [0.4, 0.5) is 4.39 Å². The number of rotatable bonds is 10. The average Bonchev–Trinajstić information content (AvgIpc) is 2.49. The first-order valence-corrected chi connectivity index (χ1v) is 8.27. The lowest BCUT2D eigenvalue weighted by atomic mass is 10.0. The second-order valence-corrected chi connectivity index (χ2v) is 5.86. The lowest BCUT2D eigenvalue weighted by Gasteiger charge is -2.16. The zero-order chi connectivity index (χ0) is 15.7. The molecule has 0 aliphatic carbocycles. The Morgan fingerprint density at radius 1 is 1.19 bits per heavy atom. The molecule has 2 nitrogen and oxygen atoms in total. The summed E-state index contributed by atoms with van der Waals surface area (Å²) in [6.07, 6.45) is 6.23. The van der Waals surface area contributed by atoms with Gasteiger partial charge in [0.25, 0.3) is 0 Å². The zero-order valence-corrected chi connectivity index (χ0v) is 13.7. The summed E-state index contributed by atoms with van der Waals surface area (Å²) in [5.41, 5.74) is 6.84. The van der Waals surface area contributed by atoms with E-state index in [0.717, 1.165) is 24.8 Å². The van der Waals surface area contributed by atoms with Gasteiger partial charge in [-0.1, -0.05) is 46.1 Å². The molecule has 2 unspecified atom stereocenters. The van der Waals surface area contributed by atoms with Gasteiger partial charge in [0, 0.05) is 6.04 Å². The number of hydrogen-bond donors (Lipinski definition) is 1. The molecule has 0 aliphatic rings. The fourth-order valence-corrected chi connectivity index (χ4v) is 2.34. The van der Waals surface area contributed by atoms with Crippen molar-refractivity contribution in [3.63, 3.8) is 0 Å². The van der Waals surface area contributed by atoms with Crippen LogP contribution in [-0.2, 0) is 6.42 Å². The summed E-state index contributed by atoms with van der Waals surface area (Å²) in [7, 11) is 0. The highest BCUT2D eigenvalue weighted by Crippen LogP contribution is 2.21. The molecule has 0 aliphatic heterocycles. The van der Waals surface area contributed by atoms with E-state index in [9.17, 15) is 4.39 Å². The first-order chi connectivity index (χ1) is 10.1. The summed E-state index contributed by atoms with van der Waals surface area (Å²) < 4.78 is 19.7. The Bertz CT molecular complexity index is 408. The van der Waals surface area contributed by atoms with E-state index in [1.165, 1.54) is 12.8 Å². The predicted octanol–water partition coefficient (Wildman–Crippen LogP) is 4.70. The largest absolute Gasteiger partial charge is 0.490 e. The van der Waals surface area contributed by atoms with Gasteiger partial charge in [0.05, 0.1) is 6.61 Å². The molecule has 1 aromatic rings. The van der Waals surface area contributed by atoms with E-state index < -0.39 is 0 Å². The molecule has 0 bridgehead atoms. The highest BCUT2D eigenvalue weighted by atomic mass is 19.1. The summed E-state index contributed by atoms with van der Waals surface area (Å²) in [6, 6.07) is 5.30. The molecule has 0 saturated heterocycles. The molecule has 3 heteroatoms. The van der Waals surface area contributed by atoms with Gasteiger partial charge in [0.2, 0.25) is 0 Å². The molecule has 0 spiro atoms. The minimum atomic E-state index is -0.277. The highest BCUT2D eigenvalue weighted by molar-refractivity contribution is 5.29. The Balaban J connectivity index is 2.55. The van der Waals surface area contributed by atoms with E-state index in [-0.39, 0.29) is 11.9 Å². The number of hydrogen-bond acceptors (Lipinski definition) is 2. The third-order valence-corrected chi connectivity index (χ3v) is 4.04. The van der Waals surface area contributed by atoms with Gasteiger partial charge in [0.15, 0.2) is 11.6 Å². The van der Waals surface area contributed by atoms with Gasteiger partial charge in [-0.2, -0.15) is 0 Å². The van der Waals surface area contributed by atoms with Gasteiger partial charge in [-0.3, -0.25) is 0 Å². The maximum absolute atomic E-state index is 14.0. The molecular weight excluding hydrogens is 265 g/mol. The predicted molar refractivity (Wildman–Crippen MR) is 87.2 cm³/mol. The number of ether oxygens (including phenoxy) is 1. The molecule has 1 rings (SSSR count). The maximum atomic E-state index is 14.0. The van der Waals surface area contributed by atoms with Crippen molar-refractivity contribution in [2.45, 2.75) is 65.3 Å². The summed E-state index contributed by atoms with van der Waals surface area (Å²) in [5, 5.41) is 0. The molecule has 120 valence electrons. The molecule has 0 saturated carbocycles. The van der Waals surface area contributed by atoms with Gasteiger partial charge in [-0.05, 0) is 42.9 Å². The quantitative estimate of drug-likeness (QED) is 0.679. The van der Waals surface area contributed by atoms with E-state index >= 15 is 0 Å². The van der Waals surface area contributed by atoms with Crippen molar-refractivity contribution in [2.75, 3.05) is 6.61 Å². The van der Waals surface area contributed by atoms with E-state index in [1.807, 2.05) is 13.0 Å². The Morgan fingerprint density at radius 2 is 1.95 bits per heavy atom. The number of benzene rings is 1. The molecule has 0 radical (unpaired) electrons. The van der Waals surface area contributed by atoms with Crippen LogP contribution in [0.1, 0.15) is 58.4 Å². The second-order valence-electron chi connectivity index (χ2n) is 5.86. The summed E-state index contributed by atoms with van der Waals surface area (Å²) in [6.45, 7) is 6.99. The molecule has 2 N–H and O–H groups in total. The lowest BCUT2D eigenvalue weighted by Crippen LogP contribution is -2.21. The SMILES string of the molecule is CCCCC(CC)COc1ccc(CC(N)CC)cc1F. The minimum absolute atomic E-state index is 0.0923. The van der Waals surface area contributed by atoms with Crippen LogP contribution in [0, 0.1) is 11.7 Å². The summed E-state index contributed by atoms with van der Waals surface area (Å²) in [5.74, 6) is 0.595. The van der Waals surface area contributed by atoms with E-state index in [2.05, 4.69) is 13.8 Å². The molecule has 21 heavy (non-hydrogen) atoms. The number of unbranched alkanes of at least 4 members (excludes halogenated alkanes) is 1. The van der Waals surface area contributed by atoms with Crippen LogP contribution in [0.5, 0.6) is 5.75 Å². The summed E-state index contributed by atoms with van der Waals surface area (Å²) in [4.78, 5) is 0. The molecular formula is C18H30FNO. The molecule has 2 atom stereocenters.